The van der Waals surface area contributed by atoms with Gasteiger partial charge in [-0.25, -0.2) is 0 Å². The summed E-state index contributed by atoms with van der Waals surface area (Å²) in [7, 11) is 0. The van der Waals surface area contributed by atoms with Gasteiger partial charge < -0.3 is 10.2 Å². The Kier molecular flexibility index (Phi) is 23.5. The third-order valence-electron chi connectivity index (χ3n) is 3.51. The normalized spacial score (nSPS) is 10.0. The molecule has 0 aromatic heterocycles. The standard InChI is InChI=1S/C12H24O2.C6H14O/c1-2-3-4-5-6-7-8-9-10-11-12(13)14;1-2-3-4-5-6-7/h2-11H2,1H3,(H,13,14);7H,2-6H2,1H3. The van der Waals surface area contributed by atoms with Crippen LogP contribution in [0.1, 0.15) is 104 Å². The minimum Gasteiger partial charge on any atom is -0.481 e. The van der Waals surface area contributed by atoms with Crippen LogP contribution in [0, 0.1) is 0 Å². The molecule has 0 spiro atoms. The Bertz CT molecular complexity index is 189. The molecule has 21 heavy (non-hydrogen) atoms. The van der Waals surface area contributed by atoms with Gasteiger partial charge in [0, 0.05) is 13.0 Å². The van der Waals surface area contributed by atoms with Gasteiger partial charge in [0.2, 0.25) is 0 Å². The van der Waals surface area contributed by atoms with Gasteiger partial charge in [-0.15, -0.1) is 0 Å². The molecule has 0 aliphatic heterocycles. The van der Waals surface area contributed by atoms with E-state index in [0.29, 0.717) is 13.0 Å². The molecule has 0 saturated heterocycles. The second kappa shape index (κ2) is 21.7. The zero-order chi connectivity index (χ0) is 16.2. The average Bonchev–Trinajstić information content (AvgIpc) is 2.46. The van der Waals surface area contributed by atoms with Crippen molar-refractivity contribution >= 4 is 5.97 Å². The second-order valence-corrected chi connectivity index (χ2v) is 5.76. The van der Waals surface area contributed by atoms with Crippen LogP contribution in [0.15, 0.2) is 0 Å². The van der Waals surface area contributed by atoms with Crippen LogP contribution in [0.2, 0.25) is 0 Å². The van der Waals surface area contributed by atoms with Gasteiger partial charge in [0.15, 0.2) is 0 Å². The van der Waals surface area contributed by atoms with Crippen LogP contribution < -0.4 is 0 Å². The van der Waals surface area contributed by atoms with Gasteiger partial charge in [-0.05, 0) is 12.8 Å². The van der Waals surface area contributed by atoms with Crippen LogP contribution in [-0.4, -0.2) is 22.8 Å². The third-order valence-corrected chi connectivity index (χ3v) is 3.51. The van der Waals surface area contributed by atoms with Crippen molar-refractivity contribution in [3.05, 3.63) is 0 Å². The number of carboxylic acid groups (broad SMARTS) is 1. The fourth-order valence-corrected chi connectivity index (χ4v) is 2.13. The number of aliphatic carboxylic acids is 1. The predicted octanol–water partition coefficient (Wildman–Crippen LogP) is 5.55. The van der Waals surface area contributed by atoms with Gasteiger partial charge in [0.1, 0.15) is 0 Å². The van der Waals surface area contributed by atoms with Crippen molar-refractivity contribution in [3.63, 3.8) is 0 Å². The van der Waals surface area contributed by atoms with E-state index in [1.165, 1.54) is 64.2 Å². The van der Waals surface area contributed by atoms with E-state index in [-0.39, 0.29) is 0 Å². The lowest BCUT2D eigenvalue weighted by Gasteiger charge is -2.00. The fraction of sp³-hybridized carbons (Fsp3) is 0.944. The van der Waals surface area contributed by atoms with Crippen LogP contribution in [0.5, 0.6) is 0 Å². The fourth-order valence-electron chi connectivity index (χ4n) is 2.13. The molecule has 0 fully saturated rings. The minimum atomic E-state index is -0.659. The Hall–Kier alpha value is -0.570. The molecule has 0 heterocycles. The molecule has 0 aliphatic rings. The molecule has 0 radical (unpaired) electrons. The highest BCUT2D eigenvalue weighted by Crippen LogP contribution is 2.10. The number of aliphatic hydroxyl groups is 1. The van der Waals surface area contributed by atoms with Crippen molar-refractivity contribution in [2.24, 2.45) is 0 Å². The molecule has 0 aliphatic carbocycles. The van der Waals surface area contributed by atoms with Crippen molar-refractivity contribution in [2.45, 2.75) is 104 Å². The molecule has 0 aromatic rings. The maximum atomic E-state index is 10.2. The maximum Gasteiger partial charge on any atom is 0.303 e. The van der Waals surface area contributed by atoms with Crippen LogP contribution in [-0.2, 0) is 4.79 Å². The summed E-state index contributed by atoms with van der Waals surface area (Å²) >= 11 is 0. The summed E-state index contributed by atoms with van der Waals surface area (Å²) in [6.07, 6.45) is 16.2. The van der Waals surface area contributed by atoms with Crippen LogP contribution in [0.3, 0.4) is 0 Å². The highest BCUT2D eigenvalue weighted by atomic mass is 16.4. The third kappa shape index (κ3) is 28.3. The van der Waals surface area contributed by atoms with Gasteiger partial charge in [-0.2, -0.15) is 0 Å². The lowest BCUT2D eigenvalue weighted by molar-refractivity contribution is -0.137. The van der Waals surface area contributed by atoms with Crippen molar-refractivity contribution in [1.29, 1.82) is 0 Å². The van der Waals surface area contributed by atoms with E-state index < -0.39 is 5.97 Å². The SMILES string of the molecule is CCCCCCCCCCCC(=O)O.CCCCCCO. The molecule has 0 unspecified atom stereocenters. The van der Waals surface area contributed by atoms with Gasteiger partial charge in [0.25, 0.3) is 0 Å². The minimum absolute atomic E-state index is 0.343. The summed E-state index contributed by atoms with van der Waals surface area (Å²) in [4.78, 5) is 10.2. The molecule has 0 aromatic carbocycles. The molecule has 0 amide bonds. The predicted molar refractivity (Wildman–Crippen MR) is 90.7 cm³/mol. The summed E-state index contributed by atoms with van der Waals surface area (Å²) in [5.41, 5.74) is 0. The summed E-state index contributed by atoms with van der Waals surface area (Å²) in [5.74, 6) is -0.659. The molecule has 2 N–H and O–H groups in total. The number of aliphatic hydroxyl groups excluding tert-OH is 1. The lowest BCUT2D eigenvalue weighted by Crippen LogP contribution is -1.93. The molecule has 0 atom stereocenters. The first kappa shape index (κ1) is 22.7. The largest absolute Gasteiger partial charge is 0.481 e. The van der Waals surface area contributed by atoms with E-state index >= 15 is 0 Å². The smallest absolute Gasteiger partial charge is 0.303 e. The summed E-state index contributed by atoms with van der Waals surface area (Å²) < 4.78 is 0. The average molecular weight is 302 g/mol. The highest BCUT2D eigenvalue weighted by Gasteiger charge is 1.96. The number of rotatable bonds is 14. The summed E-state index contributed by atoms with van der Waals surface area (Å²) in [6, 6.07) is 0. The van der Waals surface area contributed by atoms with Crippen molar-refractivity contribution in [3.8, 4) is 0 Å². The number of hydrogen-bond acceptors (Lipinski definition) is 2. The number of carboxylic acids is 1. The van der Waals surface area contributed by atoms with E-state index in [1.54, 1.807) is 0 Å². The Balaban J connectivity index is 0. The Morgan fingerprint density at radius 1 is 0.667 bits per heavy atom. The Morgan fingerprint density at radius 2 is 1.05 bits per heavy atom. The van der Waals surface area contributed by atoms with Gasteiger partial charge in [-0.1, -0.05) is 84.5 Å². The lowest BCUT2D eigenvalue weighted by atomic mass is 10.1. The molecule has 128 valence electrons. The van der Waals surface area contributed by atoms with Crippen LogP contribution in [0.4, 0.5) is 0 Å². The van der Waals surface area contributed by atoms with Crippen molar-refractivity contribution < 1.29 is 15.0 Å². The second-order valence-electron chi connectivity index (χ2n) is 5.76. The first-order chi connectivity index (χ1) is 10.2. The van der Waals surface area contributed by atoms with Gasteiger partial charge in [0.05, 0.1) is 0 Å². The summed E-state index contributed by atoms with van der Waals surface area (Å²) in [5, 5.41) is 16.7. The molecule has 3 heteroatoms. The first-order valence-electron chi connectivity index (χ1n) is 9.01. The van der Waals surface area contributed by atoms with E-state index in [9.17, 15) is 4.79 Å². The van der Waals surface area contributed by atoms with E-state index in [0.717, 1.165) is 19.3 Å². The van der Waals surface area contributed by atoms with Crippen molar-refractivity contribution in [2.75, 3.05) is 6.61 Å². The molecule has 0 saturated carbocycles. The Labute approximate surface area is 132 Å². The molecule has 3 nitrogen and oxygen atoms in total. The van der Waals surface area contributed by atoms with E-state index in [2.05, 4.69) is 13.8 Å². The zero-order valence-corrected chi connectivity index (χ0v) is 14.4. The molecule has 0 rings (SSSR count). The number of carbonyl (C=O) groups is 1. The molecular formula is C18H38O3. The van der Waals surface area contributed by atoms with Crippen molar-refractivity contribution in [1.82, 2.24) is 0 Å². The first-order valence-corrected chi connectivity index (χ1v) is 9.01. The maximum absolute atomic E-state index is 10.2. The Morgan fingerprint density at radius 3 is 1.43 bits per heavy atom. The monoisotopic (exact) mass is 302 g/mol. The van der Waals surface area contributed by atoms with Gasteiger partial charge >= 0.3 is 5.97 Å². The topological polar surface area (TPSA) is 57.5 Å². The molecule has 0 bridgehead atoms. The quantitative estimate of drug-likeness (QED) is 0.413. The number of hydrogen-bond donors (Lipinski definition) is 2. The van der Waals surface area contributed by atoms with Gasteiger partial charge in [-0.3, -0.25) is 4.79 Å². The van der Waals surface area contributed by atoms with E-state index in [1.807, 2.05) is 0 Å². The zero-order valence-electron chi connectivity index (χ0n) is 14.4. The van der Waals surface area contributed by atoms with Crippen LogP contribution >= 0.6 is 0 Å². The highest BCUT2D eigenvalue weighted by molar-refractivity contribution is 5.66. The summed E-state index contributed by atoms with van der Waals surface area (Å²) in [6.45, 7) is 4.75. The molecular weight excluding hydrogens is 264 g/mol. The van der Waals surface area contributed by atoms with Crippen LogP contribution in [0.25, 0.3) is 0 Å². The van der Waals surface area contributed by atoms with E-state index in [4.69, 9.17) is 10.2 Å². The number of unbranched alkanes of at least 4 members (excludes halogenated alkanes) is 11.